The first-order valence-electron chi connectivity index (χ1n) is 7.27. The molecule has 0 heterocycles. The van der Waals surface area contributed by atoms with Crippen LogP contribution in [-0.4, -0.2) is 29.1 Å². The predicted molar refractivity (Wildman–Crippen MR) is 82.7 cm³/mol. The van der Waals surface area contributed by atoms with Crippen molar-refractivity contribution in [2.24, 2.45) is 5.92 Å². The normalized spacial score (nSPS) is 13.5. The molecule has 0 radical (unpaired) electrons. The lowest BCUT2D eigenvalue weighted by Gasteiger charge is -2.24. The molecular formula is C16H23FN2O3. The van der Waals surface area contributed by atoms with Gasteiger partial charge in [0.15, 0.2) is 0 Å². The van der Waals surface area contributed by atoms with E-state index in [2.05, 4.69) is 10.6 Å². The molecule has 0 saturated carbocycles. The SMILES string of the molecule is CC(C)CC[C@](C)(O)CNC(=O)C(=O)Nc1cccc(F)c1. The maximum Gasteiger partial charge on any atom is 0.313 e. The van der Waals surface area contributed by atoms with Gasteiger partial charge in [0.1, 0.15) is 5.82 Å². The minimum Gasteiger partial charge on any atom is -0.388 e. The minimum atomic E-state index is -1.07. The second-order valence-electron chi connectivity index (χ2n) is 6.08. The van der Waals surface area contributed by atoms with E-state index in [4.69, 9.17) is 0 Å². The molecule has 0 aromatic heterocycles. The van der Waals surface area contributed by atoms with Crippen LogP contribution in [0.25, 0.3) is 0 Å². The number of rotatable bonds is 6. The molecule has 3 N–H and O–H groups in total. The Hall–Kier alpha value is -1.95. The molecule has 0 bridgehead atoms. The first-order chi connectivity index (χ1) is 10.2. The quantitative estimate of drug-likeness (QED) is 0.704. The second-order valence-corrected chi connectivity index (χ2v) is 6.08. The van der Waals surface area contributed by atoms with Crippen LogP contribution in [0.3, 0.4) is 0 Å². The topological polar surface area (TPSA) is 78.4 Å². The number of halogens is 1. The maximum absolute atomic E-state index is 13.0. The Labute approximate surface area is 129 Å². The zero-order chi connectivity index (χ0) is 16.8. The molecule has 0 spiro atoms. The van der Waals surface area contributed by atoms with Crippen molar-refractivity contribution < 1.29 is 19.1 Å². The molecule has 6 heteroatoms. The van der Waals surface area contributed by atoms with Crippen molar-refractivity contribution in [2.75, 3.05) is 11.9 Å². The standard InChI is InChI=1S/C16H23FN2O3/c1-11(2)7-8-16(3,22)10-18-14(20)15(21)19-13-6-4-5-12(17)9-13/h4-6,9,11,22H,7-8,10H2,1-3H3,(H,18,20)(H,19,21)/t16-/m0/s1. The number of nitrogens with one attached hydrogen (secondary N) is 2. The van der Waals surface area contributed by atoms with Gasteiger partial charge in [-0.2, -0.15) is 0 Å². The van der Waals surface area contributed by atoms with Crippen molar-refractivity contribution in [3.8, 4) is 0 Å². The lowest BCUT2D eigenvalue weighted by molar-refractivity contribution is -0.136. The summed E-state index contributed by atoms with van der Waals surface area (Å²) < 4.78 is 13.0. The van der Waals surface area contributed by atoms with Crippen molar-refractivity contribution in [1.29, 1.82) is 0 Å². The molecular weight excluding hydrogens is 287 g/mol. The van der Waals surface area contributed by atoms with Gasteiger partial charge in [0.2, 0.25) is 0 Å². The Morgan fingerprint density at radius 2 is 2.00 bits per heavy atom. The van der Waals surface area contributed by atoms with Crippen LogP contribution in [0.1, 0.15) is 33.6 Å². The summed E-state index contributed by atoms with van der Waals surface area (Å²) in [7, 11) is 0. The molecule has 0 unspecified atom stereocenters. The third kappa shape index (κ3) is 6.67. The van der Waals surface area contributed by atoms with Crippen molar-refractivity contribution in [2.45, 2.75) is 39.2 Å². The van der Waals surface area contributed by atoms with Gasteiger partial charge >= 0.3 is 11.8 Å². The molecule has 22 heavy (non-hydrogen) atoms. The molecule has 1 atom stereocenters. The second kappa shape index (κ2) is 7.89. The number of carbonyl (C=O) groups excluding carboxylic acids is 2. The highest BCUT2D eigenvalue weighted by molar-refractivity contribution is 6.39. The number of carbonyl (C=O) groups is 2. The number of benzene rings is 1. The van der Waals surface area contributed by atoms with Gasteiger partial charge in [-0.3, -0.25) is 9.59 Å². The average Bonchev–Trinajstić information content (AvgIpc) is 2.43. The van der Waals surface area contributed by atoms with Crippen molar-refractivity contribution in [1.82, 2.24) is 5.32 Å². The van der Waals surface area contributed by atoms with Crippen LogP contribution in [0.4, 0.5) is 10.1 Å². The van der Waals surface area contributed by atoms with Crippen molar-refractivity contribution in [3.63, 3.8) is 0 Å². The van der Waals surface area contributed by atoms with Gasteiger partial charge in [-0.05, 0) is 43.9 Å². The molecule has 0 saturated heterocycles. The third-order valence-electron chi connectivity index (χ3n) is 3.18. The number of aliphatic hydroxyl groups is 1. The van der Waals surface area contributed by atoms with E-state index in [1.165, 1.54) is 18.2 Å². The van der Waals surface area contributed by atoms with Crippen molar-refractivity contribution in [3.05, 3.63) is 30.1 Å². The van der Waals surface area contributed by atoms with Gasteiger partial charge in [-0.15, -0.1) is 0 Å². The van der Waals surface area contributed by atoms with Gasteiger partial charge in [0, 0.05) is 12.2 Å². The Balaban J connectivity index is 2.46. The molecule has 0 aliphatic rings. The molecule has 0 aliphatic carbocycles. The van der Waals surface area contributed by atoms with E-state index in [-0.39, 0.29) is 12.2 Å². The highest BCUT2D eigenvalue weighted by Gasteiger charge is 2.23. The van der Waals surface area contributed by atoms with E-state index < -0.39 is 23.2 Å². The Morgan fingerprint density at radius 1 is 1.32 bits per heavy atom. The summed E-state index contributed by atoms with van der Waals surface area (Å²) >= 11 is 0. The molecule has 1 aromatic rings. The zero-order valence-electron chi connectivity index (χ0n) is 13.1. The largest absolute Gasteiger partial charge is 0.388 e. The van der Waals surface area contributed by atoms with Gasteiger partial charge in [0.25, 0.3) is 0 Å². The summed E-state index contributed by atoms with van der Waals surface area (Å²) in [6.07, 6.45) is 1.34. The highest BCUT2D eigenvalue weighted by atomic mass is 19.1. The lowest BCUT2D eigenvalue weighted by atomic mass is 9.95. The summed E-state index contributed by atoms with van der Waals surface area (Å²) in [6, 6.07) is 5.26. The summed E-state index contributed by atoms with van der Waals surface area (Å²) in [6.45, 7) is 5.68. The Bertz CT molecular complexity index is 530. The molecule has 1 aromatic carbocycles. The van der Waals surface area contributed by atoms with Crippen LogP contribution in [0.15, 0.2) is 24.3 Å². The summed E-state index contributed by atoms with van der Waals surface area (Å²) in [5, 5.41) is 14.8. The lowest BCUT2D eigenvalue weighted by Crippen LogP contribution is -2.44. The summed E-state index contributed by atoms with van der Waals surface area (Å²) in [5.41, 5.74) is -0.870. The number of amides is 2. The van der Waals surface area contributed by atoms with Gasteiger partial charge in [-0.25, -0.2) is 4.39 Å². The van der Waals surface area contributed by atoms with E-state index in [1.807, 2.05) is 13.8 Å². The predicted octanol–water partition coefficient (Wildman–Crippen LogP) is 2.07. The van der Waals surface area contributed by atoms with Gasteiger partial charge in [0.05, 0.1) is 5.60 Å². The van der Waals surface area contributed by atoms with Crippen LogP contribution < -0.4 is 10.6 Å². The van der Waals surface area contributed by atoms with Crippen LogP contribution in [0, 0.1) is 11.7 Å². The van der Waals surface area contributed by atoms with E-state index >= 15 is 0 Å². The molecule has 2 amide bonds. The molecule has 5 nitrogen and oxygen atoms in total. The maximum atomic E-state index is 13.0. The Morgan fingerprint density at radius 3 is 2.59 bits per heavy atom. The number of hydrogen-bond acceptors (Lipinski definition) is 3. The summed E-state index contributed by atoms with van der Waals surface area (Å²) in [5.74, 6) is -1.83. The Kier molecular flexibility index (Phi) is 6.49. The molecule has 0 fully saturated rings. The third-order valence-corrected chi connectivity index (χ3v) is 3.18. The van der Waals surface area contributed by atoms with Gasteiger partial charge in [-0.1, -0.05) is 19.9 Å². The van der Waals surface area contributed by atoms with E-state index in [9.17, 15) is 19.1 Å². The monoisotopic (exact) mass is 310 g/mol. The van der Waals surface area contributed by atoms with Gasteiger partial charge < -0.3 is 15.7 Å². The highest BCUT2D eigenvalue weighted by Crippen LogP contribution is 2.15. The first kappa shape index (κ1) is 18.1. The smallest absolute Gasteiger partial charge is 0.313 e. The zero-order valence-corrected chi connectivity index (χ0v) is 13.1. The van der Waals surface area contributed by atoms with E-state index in [1.54, 1.807) is 6.92 Å². The number of hydrogen-bond donors (Lipinski definition) is 3. The molecule has 1 rings (SSSR count). The fourth-order valence-electron chi connectivity index (χ4n) is 1.79. The first-order valence-corrected chi connectivity index (χ1v) is 7.27. The fraction of sp³-hybridized carbons (Fsp3) is 0.500. The summed E-state index contributed by atoms with van der Waals surface area (Å²) in [4.78, 5) is 23.4. The van der Waals surface area contributed by atoms with Crippen LogP contribution in [0.5, 0.6) is 0 Å². The molecule has 0 aliphatic heterocycles. The fourth-order valence-corrected chi connectivity index (χ4v) is 1.79. The minimum absolute atomic E-state index is 0.0187. The average molecular weight is 310 g/mol. The number of anilines is 1. The van der Waals surface area contributed by atoms with Crippen LogP contribution in [-0.2, 0) is 9.59 Å². The van der Waals surface area contributed by atoms with E-state index in [0.29, 0.717) is 12.3 Å². The molecule has 122 valence electrons. The van der Waals surface area contributed by atoms with Crippen molar-refractivity contribution >= 4 is 17.5 Å². The van der Waals surface area contributed by atoms with Crippen LogP contribution >= 0.6 is 0 Å². The van der Waals surface area contributed by atoms with Crippen LogP contribution in [0.2, 0.25) is 0 Å². The van der Waals surface area contributed by atoms with E-state index in [0.717, 1.165) is 12.5 Å².